The highest BCUT2D eigenvalue weighted by Gasteiger charge is 2.52. The number of unbranched alkanes of at least 4 members (excludes halogenated alkanes) is 1. The van der Waals surface area contributed by atoms with Crippen LogP contribution in [0.15, 0.2) is 35.1 Å². The van der Waals surface area contributed by atoms with E-state index in [9.17, 15) is 47.9 Å². The summed E-state index contributed by atoms with van der Waals surface area (Å²) in [4.78, 5) is 163. The monoisotopic (exact) mass is 1500 g/mol. The van der Waals surface area contributed by atoms with Crippen LogP contribution >= 0.6 is 0 Å². The smallest absolute Gasteiger partial charge is 0.355 e. The Morgan fingerprint density at radius 3 is 1.70 bits per heavy atom. The lowest BCUT2D eigenvalue weighted by atomic mass is 9.85. The van der Waals surface area contributed by atoms with Gasteiger partial charge in [-0.3, -0.25) is 53.1 Å². The standard InChI is InChI=1S/C75H126N20O12/c1-14-53-54-21-16-17-22-58(54)83-68-55(53)47-95-62(68)45-57-56(71(95)102)51-106-74(105)75(57,15-2)107-73(104)67(52(3)4)84-70(101)61-24-20-29-94(61)72(103)60(46-63(78)96)82-66(99)50-93(13)44-41-90(10)38-35-87(7)32-28-80-69(100)59(81-65(98)49-92(12)43-40-89(9)37-34-86(6)31-26-77)23-18-19-27-79-64(97)48-91(11)42-39-88(8)36-33-85(5)30-25-76/h16-17,21-22,45,52,59-61,67H,14-15,18-20,23-44,46-51,76-77H2,1-13H3,(H2,78,96)(H,79,97)(H,80,100)(H,81,98)(H,82,99)(H,84,101)/t59-,60-,61-,67-,75-/m0/s1. The zero-order chi connectivity index (χ0) is 78.7. The van der Waals surface area contributed by atoms with Crippen LogP contribution in [0.5, 0.6) is 0 Å². The lowest BCUT2D eigenvalue weighted by molar-refractivity contribution is -0.191. The number of primary amides is 1. The van der Waals surface area contributed by atoms with Gasteiger partial charge in [0.2, 0.25) is 47.0 Å². The van der Waals surface area contributed by atoms with E-state index < -0.39 is 83.2 Å². The summed E-state index contributed by atoms with van der Waals surface area (Å²) in [6.07, 6.45) is 2.23. The minimum atomic E-state index is -2.06. The highest BCUT2D eigenvalue weighted by atomic mass is 16.6. The van der Waals surface area contributed by atoms with Crippen molar-refractivity contribution in [2.45, 2.75) is 122 Å². The fourth-order valence-electron chi connectivity index (χ4n) is 13.7. The molecule has 107 heavy (non-hydrogen) atoms. The SMILES string of the molecule is CCc1c2c(nc3ccccc13)-c1cc3c(c(=O)n1C2)COC(=O)[C@@]3(CC)OC(=O)[C@@H](NC(=O)[C@@H]1CCCN1C(=O)[C@H](CC(N)=O)NC(=O)CN(C)CCN(C)CCN(C)CCNC(=O)[C@H](CCCCNC(=O)CN(C)CCN(C)CCN(C)CCN)NC(=O)CN(C)CCN(C)CCN(C)CCN)C(C)C. The number of amides is 7. The first-order valence-corrected chi connectivity index (χ1v) is 38.1. The largest absolute Gasteiger partial charge is 0.457 e. The van der Waals surface area contributed by atoms with Gasteiger partial charge >= 0.3 is 11.9 Å². The molecule has 598 valence electrons. The molecular formula is C75H126N20O12. The number of nitrogens with two attached hydrogens (primary N) is 3. The number of hydrogen-bond donors (Lipinski definition) is 8. The molecule has 3 aliphatic rings. The summed E-state index contributed by atoms with van der Waals surface area (Å²) in [5, 5.41) is 15.5. The summed E-state index contributed by atoms with van der Waals surface area (Å²) in [7, 11) is 17.7. The number of pyridine rings is 2. The topological polar surface area (TPSA) is 378 Å². The molecular weight excluding hydrogens is 1370 g/mol. The van der Waals surface area contributed by atoms with Gasteiger partial charge in [-0.15, -0.1) is 0 Å². The van der Waals surface area contributed by atoms with E-state index in [4.69, 9.17) is 31.7 Å². The maximum absolute atomic E-state index is 14.6. The molecule has 0 spiro atoms. The number of nitrogens with zero attached hydrogens (tertiary/aromatic N) is 12. The maximum Gasteiger partial charge on any atom is 0.355 e. The van der Waals surface area contributed by atoms with Gasteiger partial charge in [0.15, 0.2) is 0 Å². The highest BCUT2D eigenvalue weighted by Crippen LogP contribution is 2.42. The molecule has 3 aliphatic heterocycles. The summed E-state index contributed by atoms with van der Waals surface area (Å²) in [5.74, 6) is -5.85. The van der Waals surface area contributed by atoms with E-state index >= 15 is 0 Å². The van der Waals surface area contributed by atoms with Crippen LogP contribution in [0.3, 0.4) is 0 Å². The van der Waals surface area contributed by atoms with Crippen molar-refractivity contribution in [3.05, 3.63) is 62.9 Å². The first-order chi connectivity index (χ1) is 50.9. The number of aromatic nitrogens is 2. The molecule has 32 heteroatoms. The van der Waals surface area contributed by atoms with Crippen LogP contribution in [0.25, 0.3) is 22.3 Å². The van der Waals surface area contributed by atoms with E-state index in [0.717, 1.165) is 80.9 Å². The van der Waals surface area contributed by atoms with E-state index in [2.05, 4.69) is 70.1 Å². The van der Waals surface area contributed by atoms with E-state index in [1.807, 2.05) is 83.3 Å². The third-order valence-electron chi connectivity index (χ3n) is 20.5. The number of hydrogen-bond acceptors (Lipinski definition) is 24. The van der Waals surface area contributed by atoms with Gasteiger partial charge in [-0.25, -0.2) is 14.6 Å². The summed E-state index contributed by atoms with van der Waals surface area (Å²) >= 11 is 0. The average molecular weight is 1500 g/mol. The summed E-state index contributed by atoms with van der Waals surface area (Å²) in [6.45, 7) is 20.3. The van der Waals surface area contributed by atoms with E-state index in [-0.39, 0.29) is 81.0 Å². The van der Waals surface area contributed by atoms with Crippen molar-refractivity contribution in [1.82, 2.24) is 85.1 Å². The molecule has 11 N–H and O–H groups in total. The minimum absolute atomic E-state index is 0.0759. The van der Waals surface area contributed by atoms with E-state index in [0.29, 0.717) is 109 Å². The Labute approximate surface area is 632 Å². The molecule has 5 atom stereocenters. The van der Waals surface area contributed by atoms with Crippen molar-refractivity contribution in [2.75, 3.05) is 214 Å². The fourth-order valence-corrected chi connectivity index (χ4v) is 13.7. The van der Waals surface area contributed by atoms with Crippen LogP contribution in [-0.4, -0.2) is 350 Å². The second kappa shape index (κ2) is 43.5. The van der Waals surface area contributed by atoms with Crippen LogP contribution in [0, 0.1) is 5.92 Å². The third-order valence-corrected chi connectivity index (χ3v) is 20.5. The number of likely N-dealkylation sites (tertiary alicyclic amines) is 1. The van der Waals surface area contributed by atoms with Crippen LogP contribution in [0.1, 0.15) is 94.9 Å². The van der Waals surface area contributed by atoms with Gasteiger partial charge in [0.05, 0.1) is 55.1 Å². The molecule has 1 aromatic carbocycles. The summed E-state index contributed by atoms with van der Waals surface area (Å²) in [5.41, 5.74) is 18.7. The lowest BCUT2D eigenvalue weighted by Gasteiger charge is -2.37. The van der Waals surface area contributed by atoms with Gasteiger partial charge in [-0.05, 0) is 132 Å². The average Bonchev–Trinajstić information content (AvgIpc) is 1.63. The van der Waals surface area contributed by atoms with Crippen LogP contribution in [0.4, 0.5) is 0 Å². The summed E-state index contributed by atoms with van der Waals surface area (Å²) < 4.78 is 13.5. The zero-order valence-corrected chi connectivity index (χ0v) is 66.1. The molecule has 0 radical (unpaired) electrons. The van der Waals surface area contributed by atoms with Crippen molar-refractivity contribution in [2.24, 2.45) is 23.1 Å². The summed E-state index contributed by atoms with van der Waals surface area (Å²) in [6, 6.07) is 4.81. The van der Waals surface area contributed by atoms with Crippen molar-refractivity contribution in [1.29, 1.82) is 0 Å². The van der Waals surface area contributed by atoms with Gasteiger partial charge < -0.3 is 92.1 Å². The molecule has 0 saturated carbocycles. The molecule has 0 aliphatic carbocycles. The Hall–Kier alpha value is -7.63. The molecule has 1 fully saturated rings. The number of carbonyl (C=O) groups excluding carboxylic acids is 9. The van der Waals surface area contributed by atoms with Gasteiger partial charge in [0.1, 0.15) is 30.8 Å². The maximum atomic E-state index is 14.6. The first kappa shape index (κ1) is 88.3. The molecule has 7 amide bonds. The number of likely N-dealkylation sites (N-methyl/N-ethyl adjacent to an activating group) is 9. The molecule has 3 aromatic rings. The molecule has 32 nitrogen and oxygen atoms in total. The van der Waals surface area contributed by atoms with Crippen molar-refractivity contribution < 1.29 is 52.6 Å². The Kier molecular flexibility index (Phi) is 35.9. The highest BCUT2D eigenvalue weighted by molar-refractivity contribution is 5.97. The number of esters is 2. The van der Waals surface area contributed by atoms with E-state index in [1.165, 1.54) is 4.90 Å². The van der Waals surface area contributed by atoms with Crippen molar-refractivity contribution in [3.63, 3.8) is 0 Å². The number of rotatable bonds is 49. The predicted octanol–water partition coefficient (Wildman–Crippen LogP) is -2.12. The first-order valence-electron chi connectivity index (χ1n) is 38.1. The number of benzene rings is 1. The molecule has 0 bridgehead atoms. The molecule has 2 aromatic heterocycles. The molecule has 5 heterocycles. The number of ether oxygens (including phenoxy) is 2. The van der Waals surface area contributed by atoms with Crippen molar-refractivity contribution >= 4 is 64.2 Å². The Morgan fingerprint density at radius 1 is 0.645 bits per heavy atom. The number of cyclic esters (lactones) is 1. The molecule has 0 unspecified atom stereocenters. The van der Waals surface area contributed by atoms with Crippen LogP contribution in [-0.2, 0) is 77.8 Å². The minimum Gasteiger partial charge on any atom is -0.457 e. The van der Waals surface area contributed by atoms with Crippen molar-refractivity contribution in [3.8, 4) is 11.4 Å². The molecule has 6 rings (SSSR count). The van der Waals surface area contributed by atoms with Gasteiger partial charge in [0, 0.05) is 147 Å². The zero-order valence-electron chi connectivity index (χ0n) is 66.1. The Balaban J connectivity index is 0.960. The number of para-hydroxylation sites is 1. The predicted molar refractivity (Wildman–Crippen MR) is 412 cm³/mol. The normalized spacial score (nSPS) is 16.5. The van der Waals surface area contributed by atoms with E-state index in [1.54, 1.807) is 43.4 Å². The lowest BCUT2D eigenvalue weighted by Crippen LogP contribution is -2.58. The number of aryl methyl sites for hydroxylation is 1. The number of fused-ring (bicyclic) bond motifs is 5. The van der Waals surface area contributed by atoms with Crippen LogP contribution < -0.4 is 49.3 Å². The fraction of sp³-hybridized carbons (Fsp3) is 0.693. The number of carbonyl (C=O) groups is 9. The van der Waals surface area contributed by atoms with Crippen LogP contribution in [0.2, 0.25) is 0 Å². The second-order valence-electron chi connectivity index (χ2n) is 29.9. The molecule has 1 saturated heterocycles. The van der Waals surface area contributed by atoms with Gasteiger partial charge in [0.25, 0.3) is 5.56 Å². The van der Waals surface area contributed by atoms with Gasteiger partial charge in [-0.2, -0.15) is 0 Å². The van der Waals surface area contributed by atoms with Gasteiger partial charge in [-0.1, -0.05) is 45.9 Å². The Bertz CT molecular complexity index is 3530. The number of nitrogens with one attached hydrogen (secondary N) is 5. The third kappa shape index (κ3) is 26.3. The Morgan fingerprint density at radius 2 is 1.17 bits per heavy atom. The second-order valence-corrected chi connectivity index (χ2v) is 29.9. The quantitative estimate of drug-likeness (QED) is 0.0173.